The van der Waals surface area contributed by atoms with Crippen LogP contribution in [0.15, 0.2) is 0 Å². The van der Waals surface area contributed by atoms with Gasteiger partial charge in [0.2, 0.25) is 0 Å². The third-order valence-electron chi connectivity index (χ3n) is 3.71. The number of hydrogen-bond donors (Lipinski definition) is 3. The normalized spacial score (nSPS) is 34.4. The van der Waals surface area contributed by atoms with Gasteiger partial charge >= 0.3 is 0 Å². The lowest BCUT2D eigenvalue weighted by Gasteiger charge is -2.36. The highest BCUT2D eigenvalue weighted by atomic mass is 16.3. The zero-order chi connectivity index (χ0) is 11.4. The number of hydrogen-bond acceptors (Lipinski definition) is 3. The summed E-state index contributed by atoms with van der Waals surface area (Å²) < 4.78 is 0. The summed E-state index contributed by atoms with van der Waals surface area (Å²) in [5.74, 6) is 1.46. The minimum absolute atomic E-state index is 0.160. The lowest BCUT2D eigenvalue weighted by atomic mass is 9.73. The van der Waals surface area contributed by atoms with E-state index in [1.165, 1.54) is 0 Å². The minimum atomic E-state index is -0.671. The van der Waals surface area contributed by atoms with Crippen LogP contribution in [0.1, 0.15) is 39.5 Å². The van der Waals surface area contributed by atoms with E-state index in [-0.39, 0.29) is 18.6 Å². The maximum atomic E-state index is 9.82. The Hall–Kier alpha value is -0.120. The molecule has 1 aliphatic rings. The summed E-state index contributed by atoms with van der Waals surface area (Å²) in [4.78, 5) is 0. The lowest BCUT2D eigenvalue weighted by molar-refractivity contribution is -0.00359. The molecule has 0 heterocycles. The second-order valence-electron chi connectivity index (χ2n) is 5.22. The molecule has 1 aliphatic carbocycles. The van der Waals surface area contributed by atoms with Gasteiger partial charge in [-0.2, -0.15) is 0 Å². The van der Waals surface area contributed by atoms with Gasteiger partial charge in [0, 0.05) is 0 Å². The summed E-state index contributed by atoms with van der Waals surface area (Å²) in [5, 5.41) is 28.0. The smallest absolute Gasteiger partial charge is 0.0774 e. The van der Waals surface area contributed by atoms with E-state index in [0.29, 0.717) is 18.3 Å². The van der Waals surface area contributed by atoms with Crippen molar-refractivity contribution in [1.82, 2.24) is 0 Å². The second-order valence-corrected chi connectivity index (χ2v) is 5.22. The number of rotatable bonds is 4. The first kappa shape index (κ1) is 12.9. The van der Waals surface area contributed by atoms with Gasteiger partial charge in [-0.3, -0.25) is 0 Å². The van der Waals surface area contributed by atoms with E-state index in [1.54, 1.807) is 0 Å². The third-order valence-corrected chi connectivity index (χ3v) is 3.71. The van der Waals surface area contributed by atoms with Crippen LogP contribution < -0.4 is 0 Å². The SMILES string of the molecule is CC(C)C1CCC(O)C(CC(O)CO)C1. The van der Waals surface area contributed by atoms with Crippen molar-refractivity contribution in [3.8, 4) is 0 Å². The molecule has 0 spiro atoms. The Morgan fingerprint density at radius 1 is 1.27 bits per heavy atom. The third kappa shape index (κ3) is 3.74. The van der Waals surface area contributed by atoms with E-state index >= 15 is 0 Å². The Labute approximate surface area is 92.1 Å². The molecule has 0 aliphatic heterocycles. The number of aliphatic hydroxyl groups excluding tert-OH is 3. The highest BCUT2D eigenvalue weighted by Gasteiger charge is 2.31. The van der Waals surface area contributed by atoms with Crippen molar-refractivity contribution in [3.63, 3.8) is 0 Å². The van der Waals surface area contributed by atoms with Crippen LogP contribution in [0.4, 0.5) is 0 Å². The van der Waals surface area contributed by atoms with Gasteiger partial charge in [0.25, 0.3) is 0 Å². The summed E-state index contributed by atoms with van der Waals surface area (Å²) in [6, 6.07) is 0. The largest absolute Gasteiger partial charge is 0.394 e. The van der Waals surface area contributed by atoms with E-state index in [9.17, 15) is 10.2 Å². The van der Waals surface area contributed by atoms with Crippen molar-refractivity contribution in [2.24, 2.45) is 17.8 Å². The predicted molar refractivity (Wildman–Crippen MR) is 59.4 cm³/mol. The fourth-order valence-electron chi connectivity index (χ4n) is 2.57. The molecule has 0 saturated heterocycles. The Balaban J connectivity index is 2.46. The molecular formula is C12H24O3. The van der Waals surface area contributed by atoms with Crippen molar-refractivity contribution in [2.75, 3.05) is 6.61 Å². The molecule has 0 radical (unpaired) electrons. The van der Waals surface area contributed by atoms with Gasteiger partial charge in [0.05, 0.1) is 18.8 Å². The standard InChI is InChI=1S/C12H24O3/c1-8(2)9-3-4-12(15)10(5-9)6-11(14)7-13/h8-15H,3-7H2,1-2H3. The van der Waals surface area contributed by atoms with E-state index in [1.807, 2.05) is 0 Å². The monoisotopic (exact) mass is 216 g/mol. The van der Waals surface area contributed by atoms with Gasteiger partial charge in [-0.1, -0.05) is 13.8 Å². The fourth-order valence-corrected chi connectivity index (χ4v) is 2.57. The van der Waals surface area contributed by atoms with Gasteiger partial charge in [0.1, 0.15) is 0 Å². The van der Waals surface area contributed by atoms with Gasteiger partial charge in [-0.15, -0.1) is 0 Å². The molecule has 3 nitrogen and oxygen atoms in total. The highest BCUT2D eigenvalue weighted by molar-refractivity contribution is 4.82. The van der Waals surface area contributed by atoms with Crippen LogP contribution in [-0.2, 0) is 0 Å². The molecule has 3 heteroatoms. The molecule has 90 valence electrons. The average molecular weight is 216 g/mol. The van der Waals surface area contributed by atoms with Crippen LogP contribution in [0.25, 0.3) is 0 Å². The van der Waals surface area contributed by atoms with Crippen LogP contribution in [-0.4, -0.2) is 34.1 Å². The lowest BCUT2D eigenvalue weighted by Crippen LogP contribution is -2.34. The highest BCUT2D eigenvalue weighted by Crippen LogP contribution is 2.35. The first-order valence-corrected chi connectivity index (χ1v) is 6.01. The minimum Gasteiger partial charge on any atom is -0.394 e. The summed E-state index contributed by atoms with van der Waals surface area (Å²) in [6.45, 7) is 4.22. The number of aliphatic hydroxyl groups is 3. The molecule has 0 bridgehead atoms. The maximum absolute atomic E-state index is 9.82. The molecule has 15 heavy (non-hydrogen) atoms. The average Bonchev–Trinajstić information content (AvgIpc) is 2.20. The first-order chi connectivity index (χ1) is 7.04. The van der Waals surface area contributed by atoms with Gasteiger partial charge in [-0.05, 0) is 43.4 Å². The molecular weight excluding hydrogens is 192 g/mol. The van der Waals surface area contributed by atoms with E-state index in [4.69, 9.17) is 5.11 Å². The van der Waals surface area contributed by atoms with E-state index in [0.717, 1.165) is 19.3 Å². The summed E-state index contributed by atoms with van der Waals surface area (Å²) in [5.41, 5.74) is 0. The molecule has 0 aromatic carbocycles. The zero-order valence-corrected chi connectivity index (χ0v) is 9.76. The summed E-state index contributed by atoms with van der Waals surface area (Å²) in [7, 11) is 0. The van der Waals surface area contributed by atoms with Crippen LogP contribution in [0.2, 0.25) is 0 Å². The Bertz CT molecular complexity index is 182. The van der Waals surface area contributed by atoms with Crippen molar-refractivity contribution in [2.45, 2.75) is 51.7 Å². The predicted octanol–water partition coefficient (Wildman–Crippen LogP) is 1.16. The second kappa shape index (κ2) is 5.83. The Morgan fingerprint density at radius 2 is 1.93 bits per heavy atom. The van der Waals surface area contributed by atoms with Crippen LogP contribution >= 0.6 is 0 Å². The summed E-state index contributed by atoms with van der Waals surface area (Å²) in [6.07, 6.45) is 2.48. The van der Waals surface area contributed by atoms with E-state index < -0.39 is 6.10 Å². The maximum Gasteiger partial charge on any atom is 0.0774 e. The van der Waals surface area contributed by atoms with Gasteiger partial charge < -0.3 is 15.3 Å². The molecule has 3 N–H and O–H groups in total. The van der Waals surface area contributed by atoms with Crippen molar-refractivity contribution < 1.29 is 15.3 Å². The molecule has 0 amide bonds. The molecule has 4 unspecified atom stereocenters. The van der Waals surface area contributed by atoms with Crippen molar-refractivity contribution in [1.29, 1.82) is 0 Å². The molecule has 0 aromatic rings. The molecule has 1 fully saturated rings. The van der Waals surface area contributed by atoms with Crippen molar-refractivity contribution in [3.05, 3.63) is 0 Å². The Morgan fingerprint density at radius 3 is 2.47 bits per heavy atom. The van der Waals surface area contributed by atoms with Gasteiger partial charge in [-0.25, -0.2) is 0 Å². The van der Waals surface area contributed by atoms with E-state index in [2.05, 4.69) is 13.8 Å². The molecule has 1 rings (SSSR count). The van der Waals surface area contributed by atoms with Crippen molar-refractivity contribution >= 4 is 0 Å². The van der Waals surface area contributed by atoms with Crippen LogP contribution in [0.5, 0.6) is 0 Å². The van der Waals surface area contributed by atoms with Gasteiger partial charge in [0.15, 0.2) is 0 Å². The topological polar surface area (TPSA) is 60.7 Å². The molecule has 0 aromatic heterocycles. The Kier molecular flexibility index (Phi) is 5.03. The molecule has 4 atom stereocenters. The zero-order valence-electron chi connectivity index (χ0n) is 9.76. The molecule has 1 saturated carbocycles. The summed E-state index contributed by atoms with van der Waals surface area (Å²) >= 11 is 0. The first-order valence-electron chi connectivity index (χ1n) is 6.01. The van der Waals surface area contributed by atoms with Crippen LogP contribution in [0.3, 0.4) is 0 Å². The quantitative estimate of drug-likeness (QED) is 0.661. The van der Waals surface area contributed by atoms with Crippen LogP contribution in [0, 0.1) is 17.8 Å². The fraction of sp³-hybridized carbons (Fsp3) is 1.00.